The molecular weight excluding hydrogens is 278 g/mol. The summed E-state index contributed by atoms with van der Waals surface area (Å²) in [5.41, 5.74) is 1.38. The molecule has 3 rings (SSSR count). The van der Waals surface area contributed by atoms with E-state index in [1.807, 2.05) is 45.0 Å². The molecule has 1 N–H and O–H groups in total. The van der Waals surface area contributed by atoms with Crippen molar-refractivity contribution in [3.05, 3.63) is 35.7 Å². The largest absolute Gasteiger partial charge is 0.389 e. The monoisotopic (exact) mass is 301 g/mol. The first-order valence-electron chi connectivity index (χ1n) is 7.80. The summed E-state index contributed by atoms with van der Waals surface area (Å²) in [5.74, 6) is 1.24. The van der Waals surface area contributed by atoms with Crippen molar-refractivity contribution in [2.24, 2.45) is 0 Å². The quantitative estimate of drug-likeness (QED) is 0.941. The van der Waals surface area contributed by atoms with Crippen molar-refractivity contribution >= 4 is 0 Å². The summed E-state index contributed by atoms with van der Waals surface area (Å²) in [6.07, 6.45) is 2.10. The molecule has 1 saturated heterocycles. The Balaban J connectivity index is 1.76. The second-order valence-corrected chi connectivity index (χ2v) is 6.61. The van der Waals surface area contributed by atoms with Crippen LogP contribution < -0.4 is 0 Å². The Labute approximate surface area is 131 Å². The van der Waals surface area contributed by atoms with Gasteiger partial charge in [-0.2, -0.15) is 4.98 Å². The van der Waals surface area contributed by atoms with Gasteiger partial charge in [0.15, 0.2) is 5.82 Å². The highest BCUT2D eigenvalue weighted by molar-refractivity contribution is 5.57. The van der Waals surface area contributed by atoms with Gasteiger partial charge in [0.25, 0.3) is 5.89 Å². The molecule has 5 heteroatoms. The standard InChI is InChI=1S/C17H23N3O2/c1-12-7-4-5-8-13(12)16-18-15(19-22-16)11-20-10-6-9-14(20)17(2,3)21/h4-5,7-8,14,21H,6,9-11H2,1-3H3. The van der Waals surface area contributed by atoms with Gasteiger partial charge in [0.2, 0.25) is 0 Å². The molecule has 2 heterocycles. The van der Waals surface area contributed by atoms with Gasteiger partial charge in [-0.15, -0.1) is 0 Å². The molecule has 0 spiro atoms. The molecule has 118 valence electrons. The Hall–Kier alpha value is -1.72. The van der Waals surface area contributed by atoms with E-state index in [4.69, 9.17) is 4.52 Å². The summed E-state index contributed by atoms with van der Waals surface area (Å²) in [6.45, 7) is 7.34. The van der Waals surface area contributed by atoms with Crippen LogP contribution in [0.15, 0.2) is 28.8 Å². The third-order valence-electron chi connectivity index (χ3n) is 4.37. The first-order valence-corrected chi connectivity index (χ1v) is 7.80. The van der Waals surface area contributed by atoms with E-state index < -0.39 is 5.60 Å². The van der Waals surface area contributed by atoms with E-state index in [2.05, 4.69) is 15.0 Å². The summed E-state index contributed by atoms with van der Waals surface area (Å²) >= 11 is 0. The van der Waals surface area contributed by atoms with Crippen LogP contribution in [0.3, 0.4) is 0 Å². The molecule has 1 aromatic heterocycles. The summed E-state index contributed by atoms with van der Waals surface area (Å²) in [7, 11) is 0. The van der Waals surface area contributed by atoms with Gasteiger partial charge < -0.3 is 9.63 Å². The van der Waals surface area contributed by atoms with Gasteiger partial charge in [0.1, 0.15) is 0 Å². The molecule has 1 aromatic carbocycles. The van der Waals surface area contributed by atoms with Gasteiger partial charge in [-0.1, -0.05) is 23.4 Å². The van der Waals surface area contributed by atoms with Gasteiger partial charge in [0, 0.05) is 11.6 Å². The number of aryl methyl sites for hydroxylation is 1. The minimum Gasteiger partial charge on any atom is -0.389 e. The van der Waals surface area contributed by atoms with E-state index in [-0.39, 0.29) is 6.04 Å². The number of aromatic nitrogens is 2. The summed E-state index contributed by atoms with van der Waals surface area (Å²) in [5, 5.41) is 14.4. The van der Waals surface area contributed by atoms with E-state index in [1.54, 1.807) is 0 Å². The van der Waals surface area contributed by atoms with Gasteiger partial charge in [-0.05, 0) is 51.8 Å². The number of likely N-dealkylation sites (tertiary alicyclic amines) is 1. The van der Waals surface area contributed by atoms with Crippen molar-refractivity contribution in [3.8, 4) is 11.5 Å². The molecule has 0 radical (unpaired) electrons. The zero-order chi connectivity index (χ0) is 15.7. The Morgan fingerprint density at radius 3 is 2.86 bits per heavy atom. The van der Waals surface area contributed by atoms with Gasteiger partial charge in [-0.3, -0.25) is 4.90 Å². The van der Waals surface area contributed by atoms with Crippen LogP contribution in [0.1, 0.15) is 38.1 Å². The molecule has 1 atom stereocenters. The predicted molar refractivity (Wildman–Crippen MR) is 84.2 cm³/mol. The normalized spacial score (nSPS) is 19.7. The maximum atomic E-state index is 10.3. The highest BCUT2D eigenvalue weighted by atomic mass is 16.5. The molecule has 0 amide bonds. The van der Waals surface area contributed by atoms with Crippen LogP contribution in [0.5, 0.6) is 0 Å². The third kappa shape index (κ3) is 3.05. The lowest BCUT2D eigenvalue weighted by Crippen LogP contribution is -2.45. The molecule has 0 bridgehead atoms. The van der Waals surface area contributed by atoms with Crippen molar-refractivity contribution in [2.45, 2.75) is 51.8 Å². The number of nitrogens with zero attached hydrogens (tertiary/aromatic N) is 3. The van der Waals surface area contributed by atoms with E-state index in [1.165, 1.54) is 0 Å². The maximum absolute atomic E-state index is 10.3. The minimum absolute atomic E-state index is 0.146. The lowest BCUT2D eigenvalue weighted by molar-refractivity contribution is -0.00592. The average molecular weight is 301 g/mol. The molecule has 2 aromatic rings. The van der Waals surface area contributed by atoms with E-state index in [9.17, 15) is 5.11 Å². The van der Waals surface area contributed by atoms with Crippen LogP contribution >= 0.6 is 0 Å². The fourth-order valence-electron chi connectivity index (χ4n) is 3.24. The molecule has 1 aliphatic rings. The Morgan fingerprint density at radius 2 is 2.14 bits per heavy atom. The van der Waals surface area contributed by atoms with Crippen LogP contribution in [0, 0.1) is 6.92 Å². The van der Waals surface area contributed by atoms with Gasteiger partial charge in [-0.25, -0.2) is 0 Å². The van der Waals surface area contributed by atoms with Crippen LogP contribution in [-0.4, -0.2) is 38.3 Å². The molecule has 22 heavy (non-hydrogen) atoms. The molecule has 5 nitrogen and oxygen atoms in total. The van der Waals surface area contributed by atoms with Crippen molar-refractivity contribution in [3.63, 3.8) is 0 Å². The highest BCUT2D eigenvalue weighted by Crippen LogP contribution is 2.28. The first kappa shape index (κ1) is 15.2. The lowest BCUT2D eigenvalue weighted by atomic mass is 9.97. The van der Waals surface area contributed by atoms with E-state index in [0.717, 1.165) is 30.5 Å². The van der Waals surface area contributed by atoms with E-state index >= 15 is 0 Å². The third-order valence-corrected chi connectivity index (χ3v) is 4.37. The number of hydrogen-bond acceptors (Lipinski definition) is 5. The Kier molecular flexibility index (Phi) is 4.02. The van der Waals surface area contributed by atoms with Crippen molar-refractivity contribution in [2.75, 3.05) is 6.54 Å². The second kappa shape index (κ2) is 5.82. The summed E-state index contributed by atoms with van der Waals surface area (Å²) in [4.78, 5) is 6.76. The van der Waals surface area contributed by atoms with Crippen LogP contribution in [-0.2, 0) is 6.54 Å². The number of hydrogen-bond donors (Lipinski definition) is 1. The highest BCUT2D eigenvalue weighted by Gasteiger charge is 2.36. The number of benzene rings is 1. The zero-order valence-electron chi connectivity index (χ0n) is 13.4. The number of rotatable bonds is 4. The SMILES string of the molecule is Cc1ccccc1-c1nc(CN2CCCC2C(C)(C)O)no1. The summed E-state index contributed by atoms with van der Waals surface area (Å²) < 4.78 is 5.41. The van der Waals surface area contributed by atoms with Crippen molar-refractivity contribution < 1.29 is 9.63 Å². The smallest absolute Gasteiger partial charge is 0.258 e. The molecule has 1 unspecified atom stereocenters. The van der Waals surface area contributed by atoms with Crippen LogP contribution in [0.25, 0.3) is 11.5 Å². The maximum Gasteiger partial charge on any atom is 0.258 e. The molecule has 1 aliphatic heterocycles. The fourth-order valence-corrected chi connectivity index (χ4v) is 3.24. The topological polar surface area (TPSA) is 62.4 Å². The van der Waals surface area contributed by atoms with Gasteiger partial charge in [0.05, 0.1) is 12.1 Å². The zero-order valence-corrected chi connectivity index (χ0v) is 13.4. The van der Waals surface area contributed by atoms with Crippen LogP contribution in [0.2, 0.25) is 0 Å². The average Bonchev–Trinajstić information content (AvgIpc) is 3.08. The summed E-state index contributed by atoms with van der Waals surface area (Å²) in [6, 6.07) is 8.13. The minimum atomic E-state index is -0.709. The predicted octanol–water partition coefficient (Wildman–Crippen LogP) is 2.78. The van der Waals surface area contributed by atoms with Crippen LogP contribution in [0.4, 0.5) is 0 Å². The van der Waals surface area contributed by atoms with E-state index in [0.29, 0.717) is 18.3 Å². The first-order chi connectivity index (χ1) is 10.4. The molecular formula is C17H23N3O2. The Bertz CT molecular complexity index is 645. The van der Waals surface area contributed by atoms with Crippen molar-refractivity contribution in [1.82, 2.24) is 15.0 Å². The van der Waals surface area contributed by atoms with Crippen molar-refractivity contribution in [1.29, 1.82) is 0 Å². The lowest BCUT2D eigenvalue weighted by Gasteiger charge is -2.33. The number of aliphatic hydroxyl groups is 1. The second-order valence-electron chi connectivity index (χ2n) is 6.61. The molecule has 1 fully saturated rings. The molecule has 0 saturated carbocycles. The molecule has 0 aliphatic carbocycles. The van der Waals surface area contributed by atoms with Gasteiger partial charge >= 0.3 is 0 Å². The Morgan fingerprint density at radius 1 is 1.36 bits per heavy atom. The fraction of sp³-hybridized carbons (Fsp3) is 0.529.